The van der Waals surface area contributed by atoms with Crippen LogP contribution in [0.2, 0.25) is 0 Å². The van der Waals surface area contributed by atoms with Gasteiger partial charge in [-0.25, -0.2) is 0 Å². The van der Waals surface area contributed by atoms with E-state index >= 15 is 0 Å². The minimum Gasteiger partial charge on any atom is -0.376 e. The molecule has 1 saturated heterocycles. The van der Waals surface area contributed by atoms with Crippen molar-refractivity contribution in [2.75, 3.05) is 13.2 Å². The first-order valence-electron chi connectivity index (χ1n) is 5.76. The Morgan fingerprint density at radius 3 is 2.87 bits per heavy atom. The summed E-state index contributed by atoms with van der Waals surface area (Å²) >= 11 is 5.25. The molecule has 15 heavy (non-hydrogen) atoms. The molecule has 4 heteroatoms. The van der Waals surface area contributed by atoms with Gasteiger partial charge >= 0.3 is 0 Å². The van der Waals surface area contributed by atoms with Gasteiger partial charge in [0.25, 0.3) is 0 Å². The summed E-state index contributed by atoms with van der Waals surface area (Å²) in [5.74, 6) is 0. The molecule has 2 atom stereocenters. The molecule has 3 nitrogen and oxygen atoms in total. The highest BCUT2D eigenvalue weighted by molar-refractivity contribution is 7.80. The maximum absolute atomic E-state index is 5.55. The van der Waals surface area contributed by atoms with E-state index in [1.807, 2.05) is 0 Å². The Labute approximate surface area is 98.0 Å². The highest BCUT2D eigenvalue weighted by atomic mass is 32.1. The first-order chi connectivity index (χ1) is 7.08. The summed E-state index contributed by atoms with van der Waals surface area (Å²) in [5, 5.41) is 7.33. The second kappa shape index (κ2) is 5.66. The lowest BCUT2D eigenvalue weighted by Crippen LogP contribution is -2.53. The van der Waals surface area contributed by atoms with Crippen LogP contribution < -0.4 is 10.6 Å². The fourth-order valence-electron chi connectivity index (χ4n) is 1.68. The van der Waals surface area contributed by atoms with Gasteiger partial charge < -0.3 is 15.4 Å². The van der Waals surface area contributed by atoms with Crippen LogP contribution in [0, 0.1) is 0 Å². The van der Waals surface area contributed by atoms with Gasteiger partial charge in [0.1, 0.15) is 0 Å². The van der Waals surface area contributed by atoms with E-state index in [1.165, 1.54) is 6.42 Å². The summed E-state index contributed by atoms with van der Waals surface area (Å²) < 4.78 is 5.55. The maximum Gasteiger partial charge on any atom is 0.166 e. The van der Waals surface area contributed by atoms with E-state index in [2.05, 4.69) is 31.4 Å². The van der Waals surface area contributed by atoms with Crippen molar-refractivity contribution in [1.29, 1.82) is 0 Å². The number of hydrogen-bond donors (Lipinski definition) is 2. The number of unbranched alkanes of at least 4 members (excludes halogenated alkanes) is 1. The standard InChI is InChI=1S/C11H22N2OS/c1-4-5-7-12-10(15)13-11(3)6-8-14-9(11)2/h9H,4-8H2,1-3H3,(H2,12,13,15). The van der Waals surface area contributed by atoms with Gasteiger partial charge in [-0.1, -0.05) is 13.3 Å². The van der Waals surface area contributed by atoms with Crippen molar-refractivity contribution in [3.63, 3.8) is 0 Å². The molecular formula is C11H22N2OS. The normalized spacial score (nSPS) is 30.2. The van der Waals surface area contributed by atoms with Crippen LogP contribution in [0.15, 0.2) is 0 Å². The minimum atomic E-state index is -0.00367. The summed E-state index contributed by atoms with van der Waals surface area (Å²) in [6.45, 7) is 8.20. The van der Waals surface area contributed by atoms with E-state index in [0.29, 0.717) is 0 Å². The molecule has 0 bridgehead atoms. The molecule has 88 valence electrons. The van der Waals surface area contributed by atoms with Crippen LogP contribution in [0.4, 0.5) is 0 Å². The summed E-state index contributed by atoms with van der Waals surface area (Å²) in [6, 6.07) is 0. The highest BCUT2D eigenvalue weighted by Gasteiger charge is 2.37. The molecule has 0 amide bonds. The van der Waals surface area contributed by atoms with Crippen molar-refractivity contribution in [3.8, 4) is 0 Å². The molecule has 0 aromatic heterocycles. The van der Waals surface area contributed by atoms with Crippen molar-refractivity contribution in [3.05, 3.63) is 0 Å². The maximum atomic E-state index is 5.55. The zero-order valence-corrected chi connectivity index (χ0v) is 10.7. The molecule has 0 aromatic carbocycles. The van der Waals surface area contributed by atoms with Crippen LogP contribution in [0.25, 0.3) is 0 Å². The number of ether oxygens (including phenoxy) is 1. The molecule has 1 fully saturated rings. The lowest BCUT2D eigenvalue weighted by Gasteiger charge is -2.30. The number of thiocarbonyl (C=S) groups is 1. The van der Waals surface area contributed by atoms with E-state index in [4.69, 9.17) is 17.0 Å². The van der Waals surface area contributed by atoms with Crippen molar-refractivity contribution < 1.29 is 4.74 Å². The Hall–Kier alpha value is -0.350. The van der Waals surface area contributed by atoms with Gasteiger partial charge in [-0.3, -0.25) is 0 Å². The smallest absolute Gasteiger partial charge is 0.166 e. The summed E-state index contributed by atoms with van der Waals surface area (Å²) in [6.07, 6.45) is 3.59. The molecular weight excluding hydrogens is 208 g/mol. The number of nitrogens with one attached hydrogen (secondary N) is 2. The van der Waals surface area contributed by atoms with Gasteiger partial charge in [-0.2, -0.15) is 0 Å². The van der Waals surface area contributed by atoms with Crippen LogP contribution >= 0.6 is 12.2 Å². The summed E-state index contributed by atoms with van der Waals surface area (Å²) in [7, 11) is 0. The third-order valence-corrected chi connectivity index (χ3v) is 3.35. The van der Waals surface area contributed by atoms with Crippen LogP contribution in [0.3, 0.4) is 0 Å². The largest absolute Gasteiger partial charge is 0.376 e. The Bertz CT molecular complexity index is 223. The molecule has 2 unspecified atom stereocenters. The Morgan fingerprint density at radius 1 is 1.60 bits per heavy atom. The molecule has 0 saturated carbocycles. The number of hydrogen-bond acceptors (Lipinski definition) is 2. The van der Waals surface area contributed by atoms with Gasteiger partial charge in [-0.15, -0.1) is 0 Å². The van der Waals surface area contributed by atoms with Gasteiger partial charge in [0, 0.05) is 13.2 Å². The van der Waals surface area contributed by atoms with Gasteiger partial charge in [0.05, 0.1) is 11.6 Å². The Kier molecular flexibility index (Phi) is 4.80. The predicted octanol–water partition coefficient (Wildman–Crippen LogP) is 1.82. The second-order valence-corrected chi connectivity index (χ2v) is 4.82. The predicted molar refractivity (Wildman–Crippen MR) is 67.1 cm³/mol. The average molecular weight is 230 g/mol. The molecule has 1 aliphatic rings. The van der Waals surface area contributed by atoms with Gasteiger partial charge in [0.2, 0.25) is 0 Å². The van der Waals surface area contributed by atoms with Crippen LogP contribution in [-0.4, -0.2) is 29.9 Å². The summed E-state index contributed by atoms with van der Waals surface area (Å²) in [5.41, 5.74) is -0.00367. The van der Waals surface area contributed by atoms with E-state index in [0.717, 1.165) is 31.1 Å². The Morgan fingerprint density at radius 2 is 2.33 bits per heavy atom. The SMILES string of the molecule is CCCCNC(=S)NC1(C)CCOC1C. The molecule has 0 aliphatic carbocycles. The quantitative estimate of drug-likeness (QED) is 0.570. The minimum absolute atomic E-state index is 0.00367. The lowest BCUT2D eigenvalue weighted by molar-refractivity contribution is 0.0947. The number of rotatable bonds is 4. The first kappa shape index (κ1) is 12.7. The monoisotopic (exact) mass is 230 g/mol. The van der Waals surface area contributed by atoms with Crippen molar-refractivity contribution in [2.24, 2.45) is 0 Å². The lowest BCUT2D eigenvalue weighted by atomic mass is 9.95. The van der Waals surface area contributed by atoms with Crippen LogP contribution in [-0.2, 0) is 4.74 Å². The van der Waals surface area contributed by atoms with Gasteiger partial charge in [-0.05, 0) is 38.9 Å². The van der Waals surface area contributed by atoms with Crippen molar-refractivity contribution >= 4 is 17.3 Å². The van der Waals surface area contributed by atoms with Crippen LogP contribution in [0.1, 0.15) is 40.0 Å². The zero-order chi connectivity index (χ0) is 11.3. The van der Waals surface area contributed by atoms with Gasteiger partial charge in [0.15, 0.2) is 5.11 Å². The average Bonchev–Trinajstić information content (AvgIpc) is 2.47. The highest BCUT2D eigenvalue weighted by Crippen LogP contribution is 2.24. The third kappa shape index (κ3) is 3.61. The van der Waals surface area contributed by atoms with Crippen molar-refractivity contribution in [2.45, 2.75) is 51.7 Å². The summed E-state index contributed by atoms with van der Waals surface area (Å²) in [4.78, 5) is 0. The third-order valence-electron chi connectivity index (χ3n) is 3.10. The fourth-order valence-corrected chi connectivity index (χ4v) is 2.02. The van der Waals surface area contributed by atoms with E-state index in [1.54, 1.807) is 0 Å². The first-order valence-corrected chi connectivity index (χ1v) is 6.17. The Balaban J connectivity index is 2.30. The fraction of sp³-hybridized carbons (Fsp3) is 0.909. The molecule has 2 N–H and O–H groups in total. The van der Waals surface area contributed by atoms with E-state index < -0.39 is 0 Å². The molecule has 1 heterocycles. The molecule has 0 radical (unpaired) electrons. The zero-order valence-electron chi connectivity index (χ0n) is 9.93. The molecule has 0 aromatic rings. The molecule has 1 rings (SSSR count). The molecule has 0 spiro atoms. The van der Waals surface area contributed by atoms with Crippen molar-refractivity contribution in [1.82, 2.24) is 10.6 Å². The second-order valence-electron chi connectivity index (χ2n) is 4.41. The topological polar surface area (TPSA) is 33.3 Å². The van der Waals surface area contributed by atoms with E-state index in [-0.39, 0.29) is 11.6 Å². The molecule has 1 aliphatic heterocycles. The van der Waals surface area contributed by atoms with E-state index in [9.17, 15) is 0 Å². The van der Waals surface area contributed by atoms with Crippen LogP contribution in [0.5, 0.6) is 0 Å².